The van der Waals surface area contributed by atoms with Crippen LogP contribution < -0.4 is 0 Å². The van der Waals surface area contributed by atoms with Crippen LogP contribution in [0, 0.1) is 0 Å². The highest BCUT2D eigenvalue weighted by atomic mass is 19.1. The minimum absolute atomic E-state index is 0.0828. The normalized spacial score (nSPS) is 36.4. The van der Waals surface area contributed by atoms with Crippen molar-refractivity contribution in [2.24, 2.45) is 0 Å². The molecule has 5 heteroatoms. The summed E-state index contributed by atoms with van der Waals surface area (Å²) in [4.78, 5) is 13.7. The molecule has 18 heavy (non-hydrogen) atoms. The van der Waals surface area contributed by atoms with Gasteiger partial charge in [0.05, 0.1) is 12.1 Å². The van der Waals surface area contributed by atoms with Crippen LogP contribution in [-0.2, 0) is 4.74 Å². The lowest BCUT2D eigenvalue weighted by atomic mass is 9.82. The predicted octanol–water partition coefficient (Wildman–Crippen LogP) is 2.25. The molecule has 1 amide bonds. The number of carbonyl (C=O) groups excluding carboxylic acids is 1. The van der Waals surface area contributed by atoms with Gasteiger partial charge in [-0.1, -0.05) is 0 Å². The van der Waals surface area contributed by atoms with Crippen molar-refractivity contribution >= 4 is 6.09 Å². The molecule has 1 N–H and O–H groups in total. The molecular formula is C13H22FNO3. The Morgan fingerprint density at radius 1 is 1.39 bits per heavy atom. The molecule has 0 spiro atoms. The van der Waals surface area contributed by atoms with Crippen molar-refractivity contribution in [2.75, 3.05) is 0 Å². The number of aliphatic hydroxyl groups is 1. The Bertz CT molecular complexity index is 329. The Morgan fingerprint density at radius 2 is 2.06 bits per heavy atom. The van der Waals surface area contributed by atoms with Gasteiger partial charge in [-0.25, -0.2) is 9.18 Å². The van der Waals surface area contributed by atoms with E-state index in [9.17, 15) is 14.3 Å². The summed E-state index contributed by atoms with van der Waals surface area (Å²) in [6.07, 6.45) is -0.105. The topological polar surface area (TPSA) is 49.8 Å². The second-order valence-corrected chi connectivity index (χ2v) is 6.29. The van der Waals surface area contributed by atoms with Gasteiger partial charge in [0.15, 0.2) is 0 Å². The molecule has 2 fully saturated rings. The maximum atomic E-state index is 14.0. The average molecular weight is 259 g/mol. The number of aliphatic hydroxyl groups excluding tert-OH is 1. The van der Waals surface area contributed by atoms with Crippen molar-refractivity contribution in [3.63, 3.8) is 0 Å². The first-order valence-corrected chi connectivity index (χ1v) is 6.63. The van der Waals surface area contributed by atoms with Crippen molar-refractivity contribution < 1.29 is 19.0 Å². The monoisotopic (exact) mass is 259 g/mol. The molecule has 2 heterocycles. The van der Waals surface area contributed by atoms with Crippen molar-refractivity contribution in [3.05, 3.63) is 0 Å². The number of hydrogen-bond donors (Lipinski definition) is 1. The number of halogens is 1. The number of carbonyl (C=O) groups is 1. The highest BCUT2D eigenvalue weighted by molar-refractivity contribution is 5.69. The largest absolute Gasteiger partial charge is 0.444 e. The average Bonchev–Trinajstić information content (AvgIpc) is 2.23. The molecule has 0 saturated carbocycles. The van der Waals surface area contributed by atoms with Gasteiger partial charge in [-0.2, -0.15) is 0 Å². The summed E-state index contributed by atoms with van der Waals surface area (Å²) in [5.74, 6) is 0. The standard InChI is InChI=1S/C13H22FNO3/c1-13(2,3)18-12(17)15-8-5-4-6-9(15)11(14)10(16)7-8/h8-11,16H,4-7H2,1-3H3/t8-,9+,10+,11+/m0/s1. The Kier molecular flexibility index (Phi) is 3.54. The van der Waals surface area contributed by atoms with E-state index in [-0.39, 0.29) is 6.04 Å². The number of hydrogen-bond acceptors (Lipinski definition) is 3. The summed E-state index contributed by atoms with van der Waals surface area (Å²) in [6, 6.07) is -0.608. The molecule has 0 aromatic carbocycles. The third-order valence-corrected chi connectivity index (χ3v) is 3.64. The first kappa shape index (κ1) is 13.6. The molecule has 2 aliphatic heterocycles. The number of alkyl halides is 1. The van der Waals surface area contributed by atoms with Crippen LogP contribution in [0.15, 0.2) is 0 Å². The number of ether oxygens (including phenoxy) is 1. The third-order valence-electron chi connectivity index (χ3n) is 3.64. The Morgan fingerprint density at radius 3 is 2.67 bits per heavy atom. The summed E-state index contributed by atoms with van der Waals surface area (Å²) in [5.41, 5.74) is -0.576. The summed E-state index contributed by atoms with van der Waals surface area (Å²) in [5, 5.41) is 9.66. The zero-order valence-corrected chi connectivity index (χ0v) is 11.2. The first-order valence-electron chi connectivity index (χ1n) is 6.63. The van der Waals surface area contributed by atoms with Gasteiger partial charge in [0.1, 0.15) is 11.8 Å². The molecule has 0 aromatic heterocycles. The molecule has 0 unspecified atom stereocenters. The van der Waals surface area contributed by atoms with Gasteiger partial charge < -0.3 is 9.84 Å². The number of piperidine rings is 2. The van der Waals surface area contributed by atoms with Crippen LogP contribution in [0.5, 0.6) is 0 Å². The molecule has 2 rings (SSSR count). The molecule has 0 aliphatic carbocycles. The Balaban J connectivity index is 2.14. The van der Waals surface area contributed by atoms with Gasteiger partial charge in [0, 0.05) is 6.04 Å². The second-order valence-electron chi connectivity index (χ2n) is 6.29. The van der Waals surface area contributed by atoms with Crippen molar-refractivity contribution in [1.29, 1.82) is 0 Å². The molecule has 4 nitrogen and oxygen atoms in total. The van der Waals surface area contributed by atoms with E-state index in [1.165, 1.54) is 4.90 Å². The Labute approximate surface area is 107 Å². The molecular weight excluding hydrogens is 237 g/mol. The zero-order chi connectivity index (χ0) is 13.5. The number of rotatable bonds is 0. The van der Waals surface area contributed by atoms with Crippen molar-refractivity contribution in [2.45, 2.75) is 76.4 Å². The van der Waals surface area contributed by atoms with E-state index in [0.717, 1.165) is 12.8 Å². The minimum Gasteiger partial charge on any atom is -0.444 e. The fraction of sp³-hybridized carbons (Fsp3) is 0.923. The Hall–Kier alpha value is -0.840. The van der Waals surface area contributed by atoms with Crippen molar-refractivity contribution in [3.8, 4) is 0 Å². The number of fused-ring (bicyclic) bond motifs is 2. The summed E-state index contributed by atoms with van der Waals surface area (Å²) >= 11 is 0. The van der Waals surface area contributed by atoms with Crippen LogP contribution in [0.3, 0.4) is 0 Å². The number of amides is 1. The van der Waals surface area contributed by atoms with Gasteiger partial charge in [0.25, 0.3) is 0 Å². The maximum Gasteiger partial charge on any atom is 0.410 e. The fourth-order valence-corrected chi connectivity index (χ4v) is 2.92. The lowest BCUT2D eigenvalue weighted by molar-refractivity contribution is -0.0865. The van der Waals surface area contributed by atoms with E-state index in [4.69, 9.17) is 4.74 Å². The quantitative estimate of drug-likeness (QED) is 0.726. The summed E-state index contributed by atoms with van der Waals surface area (Å²) < 4.78 is 19.3. The molecule has 4 atom stereocenters. The van der Waals surface area contributed by atoms with Crippen LogP contribution in [0.2, 0.25) is 0 Å². The van der Waals surface area contributed by atoms with Gasteiger partial charge in [0.2, 0.25) is 0 Å². The fourth-order valence-electron chi connectivity index (χ4n) is 2.92. The molecule has 0 aromatic rings. The highest BCUT2D eigenvalue weighted by Gasteiger charge is 2.48. The van der Waals surface area contributed by atoms with Crippen LogP contribution in [0.25, 0.3) is 0 Å². The van der Waals surface area contributed by atoms with Crippen LogP contribution >= 0.6 is 0 Å². The van der Waals surface area contributed by atoms with Gasteiger partial charge in [-0.15, -0.1) is 0 Å². The highest BCUT2D eigenvalue weighted by Crippen LogP contribution is 2.36. The van der Waals surface area contributed by atoms with E-state index in [1.54, 1.807) is 20.8 Å². The molecule has 104 valence electrons. The van der Waals surface area contributed by atoms with Crippen LogP contribution in [-0.4, -0.2) is 46.1 Å². The van der Waals surface area contributed by atoms with Gasteiger partial charge >= 0.3 is 6.09 Å². The van der Waals surface area contributed by atoms with Crippen molar-refractivity contribution in [1.82, 2.24) is 4.90 Å². The summed E-state index contributed by atoms with van der Waals surface area (Å²) in [6.45, 7) is 5.39. The SMILES string of the molecule is CC(C)(C)OC(=O)N1[C@H]2CCC[C@@H]1[C@@H](F)[C@H](O)C2. The lowest BCUT2D eigenvalue weighted by Gasteiger charge is -2.49. The lowest BCUT2D eigenvalue weighted by Crippen LogP contribution is -2.62. The predicted molar refractivity (Wildman–Crippen MR) is 65.0 cm³/mol. The summed E-state index contributed by atoms with van der Waals surface area (Å²) in [7, 11) is 0. The number of nitrogens with zero attached hydrogens (tertiary/aromatic N) is 1. The van der Waals surface area contributed by atoms with E-state index in [1.807, 2.05) is 0 Å². The van der Waals surface area contributed by atoms with E-state index in [0.29, 0.717) is 12.8 Å². The van der Waals surface area contributed by atoms with Gasteiger partial charge in [-0.05, 0) is 46.5 Å². The van der Waals surface area contributed by atoms with Gasteiger partial charge in [-0.3, -0.25) is 4.90 Å². The van der Waals surface area contributed by atoms with E-state index in [2.05, 4.69) is 0 Å². The van der Waals surface area contributed by atoms with E-state index < -0.39 is 30.0 Å². The first-order chi connectivity index (χ1) is 8.29. The van der Waals surface area contributed by atoms with Crippen LogP contribution in [0.4, 0.5) is 9.18 Å². The maximum absolute atomic E-state index is 14.0. The van der Waals surface area contributed by atoms with Crippen LogP contribution in [0.1, 0.15) is 46.5 Å². The smallest absolute Gasteiger partial charge is 0.410 e. The third kappa shape index (κ3) is 2.60. The molecule has 0 radical (unpaired) electrons. The second kappa shape index (κ2) is 4.68. The van der Waals surface area contributed by atoms with E-state index >= 15 is 0 Å². The molecule has 2 saturated heterocycles. The molecule has 2 aliphatic rings. The molecule has 2 bridgehead atoms. The zero-order valence-electron chi connectivity index (χ0n) is 11.2. The minimum atomic E-state index is -1.35.